The highest BCUT2D eigenvalue weighted by Crippen LogP contribution is 2.44. The molecule has 4 aromatic heterocycles. The van der Waals surface area contributed by atoms with Crippen LogP contribution in [0.1, 0.15) is 5.56 Å². The second-order valence-electron chi connectivity index (χ2n) is 11.4. The molecule has 0 N–H and O–H groups in total. The predicted molar refractivity (Wildman–Crippen MR) is 191 cm³/mol. The van der Waals surface area contributed by atoms with Gasteiger partial charge in [-0.2, -0.15) is 5.26 Å². The molecule has 4 heterocycles. The number of hydrogen-bond donors (Lipinski definition) is 0. The molecule has 0 bridgehead atoms. The van der Waals surface area contributed by atoms with Crippen LogP contribution < -0.4 is 0 Å². The monoisotopic (exact) mass is 612 g/mol. The summed E-state index contributed by atoms with van der Waals surface area (Å²) in [6.07, 6.45) is 6.60. The topological polar surface area (TPSA) is 79.7 Å². The molecule has 6 nitrogen and oxygen atoms in total. The van der Waals surface area contributed by atoms with Crippen LogP contribution in [0.2, 0.25) is 0 Å². The zero-order valence-electron chi connectivity index (χ0n) is 25.5. The minimum Gasteiger partial charge on any atom is -0.276 e. The van der Waals surface area contributed by atoms with Crippen LogP contribution in [0.4, 0.5) is 5.69 Å². The highest BCUT2D eigenvalue weighted by Gasteiger charge is 2.20. The number of aromatic nitrogens is 4. The van der Waals surface area contributed by atoms with Crippen LogP contribution in [0, 0.1) is 17.9 Å². The Labute approximate surface area is 277 Å². The second kappa shape index (κ2) is 12.1. The smallest absolute Gasteiger partial charge is 0.205 e. The number of fused-ring (bicyclic) bond motifs is 2. The summed E-state index contributed by atoms with van der Waals surface area (Å²) in [5.41, 5.74) is 9.89. The van der Waals surface area contributed by atoms with Crippen LogP contribution >= 0.6 is 0 Å². The molecule has 0 amide bonds. The molecule has 0 aliphatic rings. The maximum Gasteiger partial charge on any atom is 0.205 e. The van der Waals surface area contributed by atoms with Crippen LogP contribution in [-0.4, -0.2) is 19.9 Å². The summed E-state index contributed by atoms with van der Waals surface area (Å²) in [5.74, 6) is 0. The lowest BCUT2D eigenvalue weighted by molar-refractivity contribution is 1.27. The normalized spacial score (nSPS) is 10.9. The Morgan fingerprint density at radius 1 is 0.479 bits per heavy atom. The number of benzene rings is 4. The fourth-order valence-corrected chi connectivity index (χ4v) is 6.28. The fraction of sp³-hybridized carbons (Fsp3) is 0. The first-order valence-corrected chi connectivity index (χ1v) is 15.4. The Morgan fingerprint density at radius 2 is 1.06 bits per heavy atom. The number of nitrogens with zero attached hydrogens (tertiary/aromatic N) is 6. The Hall–Kier alpha value is -7.02. The van der Waals surface area contributed by atoms with Crippen molar-refractivity contribution < 1.29 is 0 Å². The van der Waals surface area contributed by atoms with Crippen molar-refractivity contribution in [1.29, 1.82) is 5.26 Å². The summed E-state index contributed by atoms with van der Waals surface area (Å²) in [5, 5.41) is 13.7. The zero-order valence-corrected chi connectivity index (χ0v) is 25.5. The van der Waals surface area contributed by atoms with Crippen molar-refractivity contribution in [1.82, 2.24) is 19.9 Å². The van der Waals surface area contributed by atoms with Gasteiger partial charge in [0.2, 0.25) is 5.69 Å². The van der Waals surface area contributed by atoms with Gasteiger partial charge in [-0.1, -0.05) is 78.9 Å². The minimum atomic E-state index is 0.471. The van der Waals surface area contributed by atoms with Gasteiger partial charge in [0.15, 0.2) is 0 Å². The molecule has 0 fully saturated rings. The van der Waals surface area contributed by atoms with E-state index in [4.69, 9.17) is 16.5 Å². The summed E-state index contributed by atoms with van der Waals surface area (Å²) in [6, 6.07) is 43.1. The molecule has 0 aliphatic carbocycles. The molecule has 48 heavy (non-hydrogen) atoms. The molecule has 4 aromatic carbocycles. The summed E-state index contributed by atoms with van der Waals surface area (Å²) < 4.78 is 0. The van der Waals surface area contributed by atoms with Gasteiger partial charge in [-0.05, 0) is 75.1 Å². The molecule has 8 rings (SSSR count). The molecule has 0 unspecified atom stereocenters. The van der Waals surface area contributed by atoms with Gasteiger partial charge in [0, 0.05) is 47.0 Å². The summed E-state index contributed by atoms with van der Waals surface area (Å²) in [7, 11) is 0. The van der Waals surface area contributed by atoms with Gasteiger partial charge in [-0.15, -0.1) is 0 Å². The summed E-state index contributed by atoms with van der Waals surface area (Å²) in [4.78, 5) is 22.4. The first-order valence-electron chi connectivity index (χ1n) is 15.4. The van der Waals surface area contributed by atoms with E-state index in [1.54, 1.807) is 24.8 Å². The van der Waals surface area contributed by atoms with Gasteiger partial charge < -0.3 is 0 Å². The van der Waals surface area contributed by atoms with Gasteiger partial charge >= 0.3 is 0 Å². The molecule has 8 aromatic rings. The van der Waals surface area contributed by atoms with E-state index in [9.17, 15) is 5.26 Å². The molecular weight excluding hydrogens is 589 g/mol. The quantitative estimate of drug-likeness (QED) is 0.143. The van der Waals surface area contributed by atoms with Crippen LogP contribution in [0.25, 0.3) is 82.5 Å². The van der Waals surface area contributed by atoms with Crippen molar-refractivity contribution in [2.75, 3.05) is 0 Å². The maximum absolute atomic E-state index is 9.49. The van der Waals surface area contributed by atoms with Crippen LogP contribution in [-0.2, 0) is 0 Å². The average Bonchev–Trinajstić information content (AvgIpc) is 3.17. The minimum absolute atomic E-state index is 0.471. The SMILES string of the molecule is [C-]#[N+]c1cncc(-c2cccc(-c3c4ccccc4c(-c4cccc(-c5cncc(C#N)c5)n4)c4cc(-c5ccccc5)ccc34)n2)c1. The molecule has 0 aliphatic heterocycles. The third kappa shape index (κ3) is 5.10. The van der Waals surface area contributed by atoms with Crippen molar-refractivity contribution >= 4 is 27.2 Å². The van der Waals surface area contributed by atoms with Crippen LogP contribution in [0.3, 0.4) is 0 Å². The molecule has 0 spiro atoms. The zero-order chi connectivity index (χ0) is 32.5. The van der Waals surface area contributed by atoms with Gasteiger partial charge in [0.25, 0.3) is 0 Å². The molecule has 0 saturated heterocycles. The maximum atomic E-state index is 9.49. The van der Waals surface area contributed by atoms with E-state index in [0.29, 0.717) is 11.3 Å². The van der Waals surface area contributed by atoms with E-state index in [1.165, 1.54) is 0 Å². The third-order valence-corrected chi connectivity index (χ3v) is 8.45. The van der Waals surface area contributed by atoms with Crippen molar-refractivity contribution in [3.63, 3.8) is 0 Å². The van der Waals surface area contributed by atoms with Crippen molar-refractivity contribution in [3.8, 4) is 62.2 Å². The Kier molecular flexibility index (Phi) is 7.15. The van der Waals surface area contributed by atoms with Gasteiger partial charge in [0.05, 0.1) is 34.9 Å². The van der Waals surface area contributed by atoms with E-state index in [0.717, 1.165) is 77.7 Å². The van der Waals surface area contributed by atoms with Gasteiger partial charge in [-0.3, -0.25) is 9.97 Å². The Morgan fingerprint density at radius 3 is 1.73 bits per heavy atom. The molecular formula is C42H24N6. The van der Waals surface area contributed by atoms with Gasteiger partial charge in [0.1, 0.15) is 6.07 Å². The molecule has 222 valence electrons. The first kappa shape index (κ1) is 28.5. The van der Waals surface area contributed by atoms with Crippen LogP contribution in [0.15, 0.2) is 146 Å². The fourth-order valence-electron chi connectivity index (χ4n) is 6.28. The average molecular weight is 613 g/mol. The number of hydrogen-bond acceptors (Lipinski definition) is 5. The number of rotatable bonds is 5. The summed E-state index contributed by atoms with van der Waals surface area (Å²) in [6.45, 7) is 7.45. The Bertz CT molecular complexity index is 2600. The van der Waals surface area contributed by atoms with E-state index in [2.05, 4.69) is 75.5 Å². The van der Waals surface area contributed by atoms with Crippen molar-refractivity contribution in [3.05, 3.63) is 163 Å². The molecule has 0 saturated carbocycles. The second-order valence-corrected chi connectivity index (χ2v) is 11.4. The lowest BCUT2D eigenvalue weighted by Crippen LogP contribution is -1.96. The van der Waals surface area contributed by atoms with Crippen molar-refractivity contribution in [2.45, 2.75) is 0 Å². The van der Waals surface area contributed by atoms with Gasteiger partial charge in [-0.25, -0.2) is 14.8 Å². The predicted octanol–water partition coefficient (Wildman–Crippen LogP) is 10.3. The van der Waals surface area contributed by atoms with E-state index >= 15 is 0 Å². The molecule has 0 radical (unpaired) electrons. The lowest BCUT2D eigenvalue weighted by Gasteiger charge is -2.18. The number of nitriles is 1. The molecule has 6 heteroatoms. The summed E-state index contributed by atoms with van der Waals surface area (Å²) >= 11 is 0. The first-order chi connectivity index (χ1) is 23.7. The standard InChI is InChI=1S/C42H24N6/c1-44-32-20-31(25-46-26-32)38-14-8-15-39(48-38)41-33-11-5-6-12-34(33)42(36-21-29(17-18-35(36)41)28-9-3-2-4-10-28)40-16-7-13-37(47-40)30-19-27(22-43)23-45-24-30/h2-21,23-26H. The molecule has 0 atom stereocenters. The highest BCUT2D eigenvalue weighted by atomic mass is 14.8. The van der Waals surface area contributed by atoms with Crippen LogP contribution in [0.5, 0.6) is 0 Å². The van der Waals surface area contributed by atoms with Crippen molar-refractivity contribution in [2.24, 2.45) is 0 Å². The third-order valence-electron chi connectivity index (χ3n) is 8.45. The largest absolute Gasteiger partial charge is 0.276 e. The highest BCUT2D eigenvalue weighted by molar-refractivity contribution is 6.21. The van der Waals surface area contributed by atoms with E-state index in [-0.39, 0.29) is 0 Å². The Balaban J connectivity index is 1.42. The lowest BCUT2D eigenvalue weighted by atomic mass is 9.87. The van der Waals surface area contributed by atoms with E-state index < -0.39 is 0 Å². The number of pyridine rings is 4. The van der Waals surface area contributed by atoms with E-state index in [1.807, 2.05) is 66.7 Å².